The summed E-state index contributed by atoms with van der Waals surface area (Å²) in [6.45, 7) is 32.8. The van der Waals surface area contributed by atoms with Gasteiger partial charge in [0.2, 0.25) is 0 Å². The summed E-state index contributed by atoms with van der Waals surface area (Å²) in [6, 6.07) is 33.4. The van der Waals surface area contributed by atoms with E-state index in [0.717, 1.165) is 17.2 Å². The van der Waals surface area contributed by atoms with Gasteiger partial charge >= 0.3 is 0 Å². The van der Waals surface area contributed by atoms with Gasteiger partial charge in [0, 0.05) is 34.1 Å². The predicted molar refractivity (Wildman–Crippen MR) is 234 cm³/mol. The van der Waals surface area contributed by atoms with E-state index in [2.05, 4.69) is 192 Å². The molecule has 54 heavy (non-hydrogen) atoms. The second-order valence-corrected chi connectivity index (χ2v) is 21.0. The molecule has 4 heteroatoms. The fourth-order valence-electron chi connectivity index (χ4n) is 9.28. The first-order chi connectivity index (χ1) is 25.1. The van der Waals surface area contributed by atoms with Crippen LogP contribution < -0.4 is 26.2 Å². The predicted octanol–water partition coefficient (Wildman–Crippen LogP) is 11.7. The minimum Gasteiger partial charge on any atom is -0.311 e. The summed E-state index contributed by atoms with van der Waals surface area (Å²) < 4.78 is 0. The molecule has 2 aliphatic heterocycles. The lowest BCUT2D eigenvalue weighted by molar-refractivity contribution is 0.332. The van der Waals surface area contributed by atoms with Gasteiger partial charge in [-0.3, -0.25) is 4.90 Å². The first kappa shape index (κ1) is 36.7. The molecule has 0 amide bonds. The Balaban J connectivity index is 1.46. The zero-order chi connectivity index (χ0) is 38.9. The summed E-state index contributed by atoms with van der Waals surface area (Å²) in [5.74, 6) is 1.03. The van der Waals surface area contributed by atoms with E-state index in [9.17, 15) is 0 Å². The fourth-order valence-corrected chi connectivity index (χ4v) is 9.28. The van der Waals surface area contributed by atoms with E-state index >= 15 is 0 Å². The number of hydrogen-bond donors (Lipinski definition) is 0. The quantitative estimate of drug-likeness (QED) is 0.166. The van der Waals surface area contributed by atoms with Crippen LogP contribution in [0.25, 0.3) is 0 Å². The molecule has 1 aromatic heterocycles. The molecule has 0 saturated carbocycles. The second kappa shape index (κ2) is 11.8. The van der Waals surface area contributed by atoms with E-state index in [4.69, 9.17) is 4.98 Å². The van der Waals surface area contributed by atoms with Gasteiger partial charge in [0.1, 0.15) is 5.82 Å². The summed E-state index contributed by atoms with van der Waals surface area (Å²) in [5, 5.41) is 0. The van der Waals surface area contributed by atoms with Crippen molar-refractivity contribution >= 4 is 57.4 Å². The normalized spacial score (nSPS) is 17.1. The largest absolute Gasteiger partial charge is 0.311 e. The molecule has 3 nitrogen and oxygen atoms in total. The monoisotopic (exact) mass is 713 g/mol. The molecule has 0 N–H and O–H groups in total. The average molecular weight is 714 g/mol. The van der Waals surface area contributed by atoms with Crippen LogP contribution in [0.3, 0.4) is 0 Å². The third-order valence-electron chi connectivity index (χ3n) is 12.9. The van der Waals surface area contributed by atoms with E-state index in [1.807, 2.05) is 0 Å². The van der Waals surface area contributed by atoms with Crippen molar-refractivity contribution in [1.82, 2.24) is 4.98 Å². The molecule has 0 bridgehead atoms. The molecule has 0 saturated heterocycles. The summed E-state index contributed by atoms with van der Waals surface area (Å²) in [5.41, 5.74) is 18.4. The molecule has 0 atom stereocenters. The number of aromatic nitrogens is 1. The van der Waals surface area contributed by atoms with E-state index in [1.54, 1.807) is 0 Å². The topological polar surface area (TPSA) is 19.4 Å². The van der Waals surface area contributed by atoms with E-state index in [0.29, 0.717) is 0 Å². The van der Waals surface area contributed by atoms with Gasteiger partial charge in [0.15, 0.2) is 0 Å². The standard InChI is InChI=1S/C50H60BN3/c1-31-27-43-44-45(52-31)54(35-19-15-32(16-20-35)46(2,3)4)42-24-18-34(48(8,9)10)29-40(42)51(44)39-28-33(47(5,6)7)17-23-41(39)53(43)36-21-22-37-38(30-36)50(13,14)26-25-49(37,11)12/h15-24,27-30H,25-26H2,1-14H3. The van der Waals surface area contributed by atoms with E-state index < -0.39 is 0 Å². The highest BCUT2D eigenvalue weighted by Crippen LogP contribution is 2.50. The minimum atomic E-state index is 0.00150. The second-order valence-electron chi connectivity index (χ2n) is 21.0. The van der Waals surface area contributed by atoms with Crippen LogP contribution in [0.1, 0.15) is 136 Å². The molecule has 1 aliphatic carbocycles. The van der Waals surface area contributed by atoms with Crippen molar-refractivity contribution in [3.8, 4) is 0 Å². The van der Waals surface area contributed by atoms with Crippen LogP contribution in [0.2, 0.25) is 0 Å². The van der Waals surface area contributed by atoms with Gasteiger partial charge in [0.05, 0.1) is 0 Å². The van der Waals surface area contributed by atoms with Crippen molar-refractivity contribution in [1.29, 1.82) is 0 Å². The fraction of sp³-hybridized carbons (Fsp3) is 0.420. The molecule has 0 radical (unpaired) electrons. The number of rotatable bonds is 2. The van der Waals surface area contributed by atoms with Crippen LogP contribution in [0.4, 0.5) is 34.3 Å². The Morgan fingerprint density at radius 2 is 1.00 bits per heavy atom. The zero-order valence-electron chi connectivity index (χ0n) is 35.4. The SMILES string of the molecule is Cc1cc2c3c(n1)N(c1ccc(C(C)(C)C)cc1)c1ccc(C(C)(C)C)cc1B3c1cc(C(C)(C)C)ccc1N2c1ccc2c(c1)C(C)(C)CCC2(C)C. The van der Waals surface area contributed by atoms with Crippen LogP contribution >= 0.6 is 0 Å². The van der Waals surface area contributed by atoms with Gasteiger partial charge in [-0.05, 0) is 134 Å². The summed E-state index contributed by atoms with van der Waals surface area (Å²) in [7, 11) is 0. The Morgan fingerprint density at radius 3 is 1.54 bits per heavy atom. The molecule has 278 valence electrons. The Labute approximate surface area is 326 Å². The minimum absolute atomic E-state index is 0.00150. The van der Waals surface area contributed by atoms with Crippen molar-refractivity contribution in [2.75, 3.05) is 9.80 Å². The Hall–Kier alpha value is -4.31. The summed E-state index contributed by atoms with van der Waals surface area (Å²) in [4.78, 5) is 10.5. The van der Waals surface area contributed by atoms with Crippen LogP contribution in [0, 0.1) is 6.92 Å². The molecule has 3 aliphatic rings. The Kier molecular flexibility index (Phi) is 8.04. The maximum absolute atomic E-state index is 5.49. The average Bonchev–Trinajstić information content (AvgIpc) is 3.08. The number of anilines is 6. The highest BCUT2D eigenvalue weighted by atomic mass is 15.2. The zero-order valence-corrected chi connectivity index (χ0v) is 35.4. The lowest BCUT2D eigenvalue weighted by Gasteiger charge is -2.45. The van der Waals surface area contributed by atoms with Crippen molar-refractivity contribution in [3.63, 3.8) is 0 Å². The number of nitrogens with zero attached hydrogens (tertiary/aromatic N) is 3. The van der Waals surface area contributed by atoms with Crippen LogP contribution in [0.5, 0.6) is 0 Å². The van der Waals surface area contributed by atoms with Crippen LogP contribution in [-0.2, 0) is 27.1 Å². The maximum atomic E-state index is 5.49. The third-order valence-corrected chi connectivity index (χ3v) is 12.9. The van der Waals surface area contributed by atoms with Crippen molar-refractivity contribution in [3.05, 3.63) is 118 Å². The molecule has 4 aromatic carbocycles. The van der Waals surface area contributed by atoms with Gasteiger partial charge in [-0.15, -0.1) is 0 Å². The highest BCUT2D eigenvalue weighted by molar-refractivity contribution is 7.00. The van der Waals surface area contributed by atoms with Crippen molar-refractivity contribution in [2.45, 2.75) is 137 Å². The van der Waals surface area contributed by atoms with Crippen LogP contribution in [-0.4, -0.2) is 11.7 Å². The lowest BCUT2D eigenvalue weighted by Crippen LogP contribution is -2.62. The summed E-state index contributed by atoms with van der Waals surface area (Å²) in [6.07, 6.45) is 2.39. The van der Waals surface area contributed by atoms with Gasteiger partial charge in [-0.25, -0.2) is 4.98 Å². The Morgan fingerprint density at radius 1 is 0.519 bits per heavy atom. The molecule has 0 spiro atoms. The van der Waals surface area contributed by atoms with E-state index in [-0.39, 0.29) is 33.8 Å². The third kappa shape index (κ3) is 5.82. The van der Waals surface area contributed by atoms with Gasteiger partial charge in [-0.2, -0.15) is 0 Å². The molecule has 5 aromatic rings. The van der Waals surface area contributed by atoms with Crippen molar-refractivity contribution in [2.24, 2.45) is 0 Å². The maximum Gasteiger partial charge on any atom is 0.254 e. The molecule has 0 fully saturated rings. The molecule has 3 heterocycles. The van der Waals surface area contributed by atoms with Gasteiger partial charge < -0.3 is 4.90 Å². The highest BCUT2D eigenvalue weighted by Gasteiger charge is 2.46. The Bertz CT molecular complexity index is 2310. The first-order valence-corrected chi connectivity index (χ1v) is 20.2. The smallest absolute Gasteiger partial charge is 0.254 e. The number of pyridine rings is 1. The number of hydrogen-bond acceptors (Lipinski definition) is 3. The van der Waals surface area contributed by atoms with Gasteiger partial charge in [-0.1, -0.05) is 132 Å². The van der Waals surface area contributed by atoms with Crippen molar-refractivity contribution < 1.29 is 0 Å². The first-order valence-electron chi connectivity index (χ1n) is 20.2. The number of aryl methyl sites for hydroxylation is 1. The molecular formula is C50H60BN3. The number of fused-ring (bicyclic) bond motifs is 5. The van der Waals surface area contributed by atoms with Gasteiger partial charge in [0.25, 0.3) is 6.71 Å². The molecule has 8 rings (SSSR count). The molecule has 0 unspecified atom stereocenters. The van der Waals surface area contributed by atoms with E-state index in [1.165, 1.54) is 79.8 Å². The van der Waals surface area contributed by atoms with Crippen LogP contribution in [0.15, 0.2) is 84.9 Å². The lowest BCUT2D eigenvalue weighted by atomic mass is 9.33. The summed E-state index contributed by atoms with van der Waals surface area (Å²) >= 11 is 0. The molecular weight excluding hydrogens is 653 g/mol. The number of benzene rings is 4.